The standard InChI is InChI=1S/C32H24Si/c1-3-13-27(14-4-1)33(28-15-5-2-6-16-28)31-18-10-8-12-24(31)20-26-21-25-19-23-11-7-9-17-29(23)30(25)22-32(26)33/h1-18,21-22H,19-20H2. The first-order valence-electron chi connectivity index (χ1n) is 11.8. The molecule has 0 amide bonds. The Balaban J connectivity index is 1.63. The molecule has 0 spiro atoms. The summed E-state index contributed by atoms with van der Waals surface area (Å²) in [6, 6.07) is 45.9. The first kappa shape index (κ1) is 18.8. The number of benzene rings is 5. The molecule has 1 heteroatoms. The quantitative estimate of drug-likeness (QED) is 0.349. The predicted molar refractivity (Wildman–Crippen MR) is 141 cm³/mol. The van der Waals surface area contributed by atoms with Crippen LogP contribution in [0.2, 0.25) is 0 Å². The maximum absolute atomic E-state index is 2.58. The summed E-state index contributed by atoms with van der Waals surface area (Å²) in [5, 5.41) is 6.04. The fourth-order valence-electron chi connectivity index (χ4n) is 6.29. The second-order valence-corrected chi connectivity index (χ2v) is 13.0. The molecule has 7 rings (SSSR count). The minimum Gasteiger partial charge on any atom is -0.0623 e. The average Bonchev–Trinajstić information content (AvgIpc) is 3.24. The van der Waals surface area contributed by atoms with E-state index < -0.39 is 8.07 Å². The summed E-state index contributed by atoms with van der Waals surface area (Å²) >= 11 is 0. The molecule has 0 N–H and O–H groups in total. The summed E-state index contributed by atoms with van der Waals surface area (Å²) in [5.74, 6) is 0. The summed E-state index contributed by atoms with van der Waals surface area (Å²) in [4.78, 5) is 0. The van der Waals surface area contributed by atoms with Gasteiger partial charge < -0.3 is 0 Å². The third kappa shape index (κ3) is 2.63. The highest BCUT2D eigenvalue weighted by atomic mass is 28.3. The van der Waals surface area contributed by atoms with Gasteiger partial charge in [-0.25, -0.2) is 0 Å². The van der Waals surface area contributed by atoms with Crippen LogP contribution in [-0.4, -0.2) is 8.07 Å². The Morgan fingerprint density at radius 3 is 1.70 bits per heavy atom. The zero-order valence-electron chi connectivity index (χ0n) is 18.5. The maximum Gasteiger partial charge on any atom is 0.180 e. The lowest BCUT2D eigenvalue weighted by molar-refractivity contribution is 1.17. The van der Waals surface area contributed by atoms with E-state index in [0.717, 1.165) is 12.8 Å². The van der Waals surface area contributed by atoms with Gasteiger partial charge in [0.25, 0.3) is 0 Å². The van der Waals surface area contributed by atoms with Crippen molar-refractivity contribution < 1.29 is 0 Å². The fraction of sp³-hybridized carbons (Fsp3) is 0.0625. The van der Waals surface area contributed by atoms with Crippen LogP contribution in [0.1, 0.15) is 22.3 Å². The first-order valence-corrected chi connectivity index (χ1v) is 13.8. The van der Waals surface area contributed by atoms with Crippen LogP contribution in [0.15, 0.2) is 121 Å². The Kier molecular flexibility index (Phi) is 4.09. The van der Waals surface area contributed by atoms with Crippen molar-refractivity contribution in [3.05, 3.63) is 144 Å². The molecule has 0 radical (unpaired) electrons. The molecule has 0 saturated carbocycles. The summed E-state index contributed by atoms with van der Waals surface area (Å²) in [7, 11) is -2.44. The molecule has 0 unspecified atom stereocenters. The lowest BCUT2D eigenvalue weighted by Gasteiger charge is -2.40. The minimum atomic E-state index is -2.44. The summed E-state index contributed by atoms with van der Waals surface area (Å²) in [5.41, 5.74) is 8.79. The van der Waals surface area contributed by atoms with Crippen molar-refractivity contribution in [2.75, 3.05) is 0 Å². The van der Waals surface area contributed by atoms with Gasteiger partial charge in [0.1, 0.15) is 0 Å². The Hall–Kier alpha value is -3.68. The van der Waals surface area contributed by atoms with Crippen LogP contribution in [0.3, 0.4) is 0 Å². The van der Waals surface area contributed by atoms with Gasteiger partial charge in [-0.3, -0.25) is 0 Å². The highest BCUT2D eigenvalue weighted by molar-refractivity contribution is 7.20. The highest BCUT2D eigenvalue weighted by Crippen LogP contribution is 2.38. The highest BCUT2D eigenvalue weighted by Gasteiger charge is 2.46. The van der Waals surface area contributed by atoms with E-state index in [1.165, 1.54) is 43.8 Å². The average molecular weight is 437 g/mol. The number of rotatable bonds is 2. The van der Waals surface area contributed by atoms with Crippen molar-refractivity contribution in [1.82, 2.24) is 0 Å². The van der Waals surface area contributed by atoms with Crippen LogP contribution >= 0.6 is 0 Å². The number of hydrogen-bond donors (Lipinski definition) is 0. The molecule has 0 bridgehead atoms. The number of hydrogen-bond acceptors (Lipinski definition) is 0. The van der Waals surface area contributed by atoms with Gasteiger partial charge in [-0.05, 0) is 67.0 Å². The van der Waals surface area contributed by atoms with E-state index in [1.807, 2.05) is 0 Å². The van der Waals surface area contributed by atoms with Crippen molar-refractivity contribution in [3.63, 3.8) is 0 Å². The SMILES string of the molecule is c1ccc([Si]2(c3ccccc3)c3ccccc3Cc3cc4c(cc32)-c2ccccc2C4)cc1. The molecule has 1 aliphatic heterocycles. The van der Waals surface area contributed by atoms with Gasteiger partial charge in [-0.2, -0.15) is 0 Å². The third-order valence-electron chi connectivity index (χ3n) is 7.64. The summed E-state index contributed by atoms with van der Waals surface area (Å²) < 4.78 is 0. The molecule has 0 aromatic heterocycles. The molecule has 2 aliphatic rings. The largest absolute Gasteiger partial charge is 0.180 e. The first-order chi connectivity index (χ1) is 16.4. The van der Waals surface area contributed by atoms with Gasteiger partial charge in [0.15, 0.2) is 8.07 Å². The van der Waals surface area contributed by atoms with Crippen LogP contribution < -0.4 is 20.7 Å². The van der Waals surface area contributed by atoms with Gasteiger partial charge in [-0.1, -0.05) is 121 Å². The molecule has 33 heavy (non-hydrogen) atoms. The van der Waals surface area contributed by atoms with E-state index in [4.69, 9.17) is 0 Å². The molecule has 5 aromatic rings. The van der Waals surface area contributed by atoms with Crippen molar-refractivity contribution in [2.24, 2.45) is 0 Å². The van der Waals surface area contributed by atoms with Gasteiger partial charge >= 0.3 is 0 Å². The molecular formula is C32H24Si. The van der Waals surface area contributed by atoms with E-state index >= 15 is 0 Å². The molecule has 5 aromatic carbocycles. The van der Waals surface area contributed by atoms with Crippen molar-refractivity contribution in [1.29, 1.82) is 0 Å². The molecule has 0 saturated heterocycles. The fourth-order valence-corrected chi connectivity index (χ4v) is 11.5. The Morgan fingerprint density at radius 2 is 0.970 bits per heavy atom. The second kappa shape index (κ2) is 7.16. The third-order valence-corrected chi connectivity index (χ3v) is 12.6. The molecule has 0 fully saturated rings. The van der Waals surface area contributed by atoms with E-state index in [-0.39, 0.29) is 0 Å². The predicted octanol–water partition coefficient (Wildman–Crippen LogP) is 4.54. The lowest BCUT2D eigenvalue weighted by Crippen LogP contribution is -2.77. The minimum absolute atomic E-state index is 1.02. The lowest BCUT2D eigenvalue weighted by atomic mass is 9.98. The van der Waals surface area contributed by atoms with Crippen molar-refractivity contribution >= 4 is 28.8 Å². The van der Waals surface area contributed by atoms with Crippen LogP contribution in [0.25, 0.3) is 11.1 Å². The van der Waals surface area contributed by atoms with E-state index in [9.17, 15) is 0 Å². The van der Waals surface area contributed by atoms with Crippen LogP contribution in [0.4, 0.5) is 0 Å². The van der Waals surface area contributed by atoms with E-state index in [0.29, 0.717) is 0 Å². The molecule has 0 nitrogen and oxygen atoms in total. The molecule has 1 aliphatic carbocycles. The summed E-state index contributed by atoms with van der Waals surface area (Å²) in [6.07, 6.45) is 2.06. The number of fused-ring (bicyclic) bond motifs is 5. The molecule has 1 heterocycles. The van der Waals surface area contributed by atoms with E-state index in [2.05, 4.69) is 121 Å². The van der Waals surface area contributed by atoms with Gasteiger partial charge in [0.2, 0.25) is 0 Å². The van der Waals surface area contributed by atoms with Crippen LogP contribution in [0.5, 0.6) is 0 Å². The monoisotopic (exact) mass is 436 g/mol. The summed E-state index contributed by atoms with van der Waals surface area (Å²) in [6.45, 7) is 0. The zero-order valence-corrected chi connectivity index (χ0v) is 19.5. The molecule has 0 atom stereocenters. The van der Waals surface area contributed by atoms with Crippen LogP contribution in [-0.2, 0) is 12.8 Å². The van der Waals surface area contributed by atoms with Crippen molar-refractivity contribution in [2.45, 2.75) is 12.8 Å². The second-order valence-electron chi connectivity index (χ2n) is 9.32. The Bertz CT molecular complexity index is 1460. The topological polar surface area (TPSA) is 0 Å². The molecule has 156 valence electrons. The zero-order chi connectivity index (χ0) is 21.8. The van der Waals surface area contributed by atoms with Crippen LogP contribution in [0, 0.1) is 0 Å². The Morgan fingerprint density at radius 1 is 0.394 bits per heavy atom. The Labute approximate surface area is 196 Å². The molecular weight excluding hydrogens is 412 g/mol. The van der Waals surface area contributed by atoms with Gasteiger partial charge in [0, 0.05) is 0 Å². The normalized spacial score (nSPS) is 14.7. The maximum atomic E-state index is 2.58. The van der Waals surface area contributed by atoms with Crippen molar-refractivity contribution in [3.8, 4) is 11.1 Å². The van der Waals surface area contributed by atoms with E-state index in [1.54, 1.807) is 10.4 Å². The van der Waals surface area contributed by atoms with Gasteiger partial charge in [-0.15, -0.1) is 0 Å². The smallest absolute Gasteiger partial charge is 0.0623 e. The van der Waals surface area contributed by atoms with Gasteiger partial charge in [0.05, 0.1) is 0 Å².